The third kappa shape index (κ3) is 2.36. The molecule has 19 heavy (non-hydrogen) atoms. The van der Waals surface area contributed by atoms with E-state index in [0.717, 1.165) is 24.2 Å². The second-order valence-electron chi connectivity index (χ2n) is 5.16. The summed E-state index contributed by atoms with van der Waals surface area (Å²) in [5.74, 6) is 1.09. The number of fused-ring (bicyclic) bond motifs is 1. The highest BCUT2D eigenvalue weighted by Gasteiger charge is 2.31. The van der Waals surface area contributed by atoms with Gasteiger partial charge in [0.05, 0.1) is 13.2 Å². The van der Waals surface area contributed by atoms with E-state index in [1.165, 1.54) is 11.1 Å². The Balaban J connectivity index is 1.81. The van der Waals surface area contributed by atoms with Crippen LogP contribution in [0.4, 0.5) is 0 Å². The zero-order chi connectivity index (χ0) is 13.2. The first-order chi connectivity index (χ1) is 9.28. The lowest BCUT2D eigenvalue weighted by molar-refractivity contribution is 0.123. The molecule has 3 rings (SSSR count). The van der Waals surface area contributed by atoms with E-state index < -0.39 is 0 Å². The molecule has 2 aromatic rings. The monoisotopic (exact) mass is 254 g/mol. The van der Waals surface area contributed by atoms with Crippen LogP contribution in [-0.2, 0) is 12.8 Å². The summed E-state index contributed by atoms with van der Waals surface area (Å²) in [6.07, 6.45) is 1.47. The Morgan fingerprint density at radius 1 is 1.16 bits per heavy atom. The zero-order valence-electron chi connectivity index (χ0n) is 11.0. The van der Waals surface area contributed by atoms with Gasteiger partial charge < -0.3 is 9.84 Å². The SMILES string of the molecule is COc1ccc2c(c1)[C@@H](O)[C@H](Cc1ccccc1)C2. The molecule has 0 radical (unpaired) electrons. The first kappa shape index (κ1) is 12.2. The van der Waals surface area contributed by atoms with Gasteiger partial charge in [0, 0.05) is 0 Å². The van der Waals surface area contributed by atoms with Crippen LogP contribution in [0.15, 0.2) is 48.5 Å². The van der Waals surface area contributed by atoms with Crippen molar-refractivity contribution >= 4 is 0 Å². The molecule has 1 aliphatic rings. The topological polar surface area (TPSA) is 29.5 Å². The maximum absolute atomic E-state index is 10.5. The lowest BCUT2D eigenvalue weighted by Gasteiger charge is -2.15. The Labute approximate surface area is 113 Å². The largest absolute Gasteiger partial charge is 0.497 e. The van der Waals surface area contributed by atoms with Crippen molar-refractivity contribution in [1.29, 1.82) is 0 Å². The van der Waals surface area contributed by atoms with E-state index in [0.29, 0.717) is 0 Å². The van der Waals surface area contributed by atoms with Gasteiger partial charge >= 0.3 is 0 Å². The van der Waals surface area contributed by atoms with Crippen molar-refractivity contribution in [3.63, 3.8) is 0 Å². The predicted octanol–water partition coefficient (Wildman–Crippen LogP) is 3.14. The molecule has 0 amide bonds. The molecule has 2 nitrogen and oxygen atoms in total. The highest BCUT2D eigenvalue weighted by atomic mass is 16.5. The van der Waals surface area contributed by atoms with Gasteiger partial charge in [0.1, 0.15) is 5.75 Å². The van der Waals surface area contributed by atoms with Gasteiger partial charge in [-0.3, -0.25) is 0 Å². The molecule has 0 heterocycles. The summed E-state index contributed by atoms with van der Waals surface area (Å²) in [7, 11) is 1.66. The van der Waals surface area contributed by atoms with Crippen molar-refractivity contribution in [2.45, 2.75) is 18.9 Å². The van der Waals surface area contributed by atoms with Gasteiger partial charge in [0.15, 0.2) is 0 Å². The number of aliphatic hydroxyl groups is 1. The van der Waals surface area contributed by atoms with Crippen LogP contribution < -0.4 is 4.74 Å². The van der Waals surface area contributed by atoms with Gasteiger partial charge in [0.25, 0.3) is 0 Å². The maximum atomic E-state index is 10.5. The van der Waals surface area contributed by atoms with Crippen LogP contribution in [0.2, 0.25) is 0 Å². The fourth-order valence-corrected chi connectivity index (χ4v) is 2.91. The smallest absolute Gasteiger partial charge is 0.119 e. The van der Waals surface area contributed by atoms with E-state index in [4.69, 9.17) is 4.74 Å². The third-order valence-corrected chi connectivity index (χ3v) is 3.94. The van der Waals surface area contributed by atoms with Crippen LogP contribution in [-0.4, -0.2) is 12.2 Å². The van der Waals surface area contributed by atoms with Crippen molar-refractivity contribution < 1.29 is 9.84 Å². The minimum atomic E-state index is -0.384. The number of benzene rings is 2. The molecule has 2 atom stereocenters. The molecule has 0 aliphatic heterocycles. The summed E-state index contributed by atoms with van der Waals surface area (Å²) in [4.78, 5) is 0. The number of hydrogen-bond donors (Lipinski definition) is 1. The number of hydrogen-bond acceptors (Lipinski definition) is 2. The van der Waals surface area contributed by atoms with E-state index in [9.17, 15) is 5.11 Å². The fraction of sp³-hybridized carbons (Fsp3) is 0.294. The standard InChI is InChI=1S/C17H18O2/c1-19-15-8-7-13-10-14(17(18)16(13)11-15)9-12-5-3-2-4-6-12/h2-8,11,14,17-18H,9-10H2,1H3/t14-,17+/m1/s1. The highest BCUT2D eigenvalue weighted by Crippen LogP contribution is 2.39. The van der Waals surface area contributed by atoms with Crippen LogP contribution in [0, 0.1) is 5.92 Å². The van der Waals surface area contributed by atoms with Crippen LogP contribution in [0.5, 0.6) is 5.75 Å². The molecule has 98 valence electrons. The van der Waals surface area contributed by atoms with Gasteiger partial charge in [-0.05, 0) is 47.6 Å². The van der Waals surface area contributed by atoms with Crippen molar-refractivity contribution in [3.8, 4) is 5.75 Å². The Morgan fingerprint density at radius 3 is 2.68 bits per heavy atom. The normalized spacial score (nSPS) is 21.2. The quantitative estimate of drug-likeness (QED) is 0.911. The predicted molar refractivity (Wildman–Crippen MR) is 75.3 cm³/mol. The van der Waals surface area contributed by atoms with E-state index >= 15 is 0 Å². The number of aliphatic hydroxyl groups excluding tert-OH is 1. The number of rotatable bonds is 3. The van der Waals surface area contributed by atoms with Crippen molar-refractivity contribution in [1.82, 2.24) is 0 Å². The molecular weight excluding hydrogens is 236 g/mol. The maximum Gasteiger partial charge on any atom is 0.119 e. The molecular formula is C17H18O2. The second-order valence-corrected chi connectivity index (χ2v) is 5.16. The zero-order valence-corrected chi connectivity index (χ0v) is 11.0. The van der Waals surface area contributed by atoms with Gasteiger partial charge in [-0.1, -0.05) is 36.4 Å². The van der Waals surface area contributed by atoms with Gasteiger partial charge in [-0.25, -0.2) is 0 Å². The van der Waals surface area contributed by atoms with E-state index in [1.807, 2.05) is 30.3 Å². The molecule has 2 aromatic carbocycles. The summed E-state index contributed by atoms with van der Waals surface area (Å²) >= 11 is 0. The number of ether oxygens (including phenoxy) is 1. The average Bonchev–Trinajstić information content (AvgIpc) is 2.76. The van der Waals surface area contributed by atoms with Gasteiger partial charge in [-0.2, -0.15) is 0 Å². The first-order valence-corrected chi connectivity index (χ1v) is 6.66. The highest BCUT2D eigenvalue weighted by molar-refractivity contribution is 5.41. The Hall–Kier alpha value is -1.80. The number of methoxy groups -OCH3 is 1. The summed E-state index contributed by atoms with van der Waals surface area (Å²) in [6, 6.07) is 16.4. The first-order valence-electron chi connectivity index (χ1n) is 6.66. The van der Waals surface area contributed by atoms with Crippen LogP contribution in [0.1, 0.15) is 22.8 Å². The summed E-state index contributed by atoms with van der Waals surface area (Å²) < 4.78 is 5.23. The molecule has 0 unspecified atom stereocenters. The van der Waals surface area contributed by atoms with E-state index in [1.54, 1.807) is 7.11 Å². The molecule has 1 N–H and O–H groups in total. The molecule has 2 heteroatoms. The van der Waals surface area contributed by atoms with Crippen LogP contribution >= 0.6 is 0 Å². The third-order valence-electron chi connectivity index (χ3n) is 3.94. The molecule has 0 bridgehead atoms. The van der Waals surface area contributed by atoms with E-state index in [-0.39, 0.29) is 12.0 Å². The fourth-order valence-electron chi connectivity index (χ4n) is 2.91. The van der Waals surface area contributed by atoms with Crippen molar-refractivity contribution in [2.75, 3.05) is 7.11 Å². The molecule has 0 fully saturated rings. The second kappa shape index (κ2) is 5.06. The summed E-state index contributed by atoms with van der Waals surface area (Å²) in [6.45, 7) is 0. The lowest BCUT2D eigenvalue weighted by atomic mass is 9.95. The molecule has 0 spiro atoms. The minimum absolute atomic E-state index is 0.268. The molecule has 0 saturated carbocycles. The Morgan fingerprint density at radius 2 is 1.95 bits per heavy atom. The minimum Gasteiger partial charge on any atom is -0.497 e. The molecule has 1 aliphatic carbocycles. The van der Waals surface area contributed by atoms with Gasteiger partial charge in [-0.15, -0.1) is 0 Å². The Bertz CT molecular complexity index is 563. The molecule has 0 aromatic heterocycles. The van der Waals surface area contributed by atoms with Gasteiger partial charge in [0.2, 0.25) is 0 Å². The van der Waals surface area contributed by atoms with Crippen LogP contribution in [0.25, 0.3) is 0 Å². The summed E-state index contributed by atoms with van der Waals surface area (Å²) in [5.41, 5.74) is 3.56. The van der Waals surface area contributed by atoms with Crippen LogP contribution in [0.3, 0.4) is 0 Å². The summed E-state index contributed by atoms with van der Waals surface area (Å²) in [5, 5.41) is 10.5. The average molecular weight is 254 g/mol. The lowest BCUT2D eigenvalue weighted by Crippen LogP contribution is -2.10. The van der Waals surface area contributed by atoms with E-state index in [2.05, 4.69) is 18.2 Å². The molecule has 0 saturated heterocycles. The Kier molecular flexibility index (Phi) is 3.26. The van der Waals surface area contributed by atoms with Crippen molar-refractivity contribution in [2.24, 2.45) is 5.92 Å². The van der Waals surface area contributed by atoms with Crippen molar-refractivity contribution in [3.05, 3.63) is 65.2 Å².